The van der Waals surface area contributed by atoms with Crippen LogP contribution < -0.4 is 20.2 Å². The molecule has 35 heavy (non-hydrogen) atoms. The number of anilines is 1. The number of hydrogen-bond donors (Lipinski definition) is 2. The number of hydrogen-bond acceptors (Lipinski definition) is 5. The van der Waals surface area contributed by atoms with Crippen LogP contribution in [-0.4, -0.2) is 24.6 Å². The Morgan fingerprint density at radius 2 is 1.69 bits per heavy atom. The first-order valence-corrected chi connectivity index (χ1v) is 12.1. The summed E-state index contributed by atoms with van der Waals surface area (Å²) in [5.74, 6) is -0.913. The molecule has 0 radical (unpaired) electrons. The molecule has 0 aromatic heterocycles. The van der Waals surface area contributed by atoms with Gasteiger partial charge in [-0.05, 0) is 76.9 Å². The third-order valence-corrected chi connectivity index (χ3v) is 5.99. The summed E-state index contributed by atoms with van der Waals surface area (Å²) in [6.07, 6.45) is 1.37. The summed E-state index contributed by atoms with van der Waals surface area (Å²) < 4.78 is 12.2. The Kier molecular flexibility index (Phi) is 9.80. The summed E-state index contributed by atoms with van der Waals surface area (Å²) in [4.78, 5) is 24.1. The van der Waals surface area contributed by atoms with Gasteiger partial charge < -0.3 is 14.8 Å². The van der Waals surface area contributed by atoms with Crippen LogP contribution in [0.1, 0.15) is 18.1 Å². The van der Waals surface area contributed by atoms with E-state index in [2.05, 4.69) is 31.8 Å². The number of halogens is 4. The lowest BCUT2D eigenvalue weighted by Gasteiger charge is -2.15. The summed E-state index contributed by atoms with van der Waals surface area (Å²) in [6.45, 7) is 2.35. The molecule has 0 unspecified atom stereocenters. The molecule has 0 bridgehead atoms. The molecule has 2 amide bonds. The normalized spacial score (nSPS) is 10.8. The van der Waals surface area contributed by atoms with E-state index in [1.807, 2.05) is 6.92 Å². The third-order valence-electron chi connectivity index (χ3n) is 4.44. The SMILES string of the molecule is CCOc1cc(/C=N/NC(=O)C(=O)Nc2ccc(Cl)cc2)cc(Br)c1OCc1c(Cl)cccc1Cl. The monoisotopic (exact) mass is 597 g/mol. The second-order valence-electron chi connectivity index (χ2n) is 6.91. The first-order chi connectivity index (χ1) is 16.8. The number of nitrogens with zero attached hydrogens (tertiary/aromatic N) is 1. The van der Waals surface area contributed by atoms with Gasteiger partial charge in [0.05, 0.1) is 17.3 Å². The molecule has 0 aliphatic carbocycles. The maximum absolute atomic E-state index is 12.0. The van der Waals surface area contributed by atoms with Crippen molar-refractivity contribution in [1.29, 1.82) is 0 Å². The van der Waals surface area contributed by atoms with Crippen molar-refractivity contribution in [3.8, 4) is 11.5 Å². The van der Waals surface area contributed by atoms with E-state index in [0.717, 1.165) is 0 Å². The molecule has 0 spiro atoms. The highest BCUT2D eigenvalue weighted by molar-refractivity contribution is 9.10. The zero-order valence-electron chi connectivity index (χ0n) is 18.3. The highest BCUT2D eigenvalue weighted by atomic mass is 79.9. The van der Waals surface area contributed by atoms with Crippen LogP contribution >= 0.6 is 50.7 Å². The smallest absolute Gasteiger partial charge is 0.329 e. The van der Waals surface area contributed by atoms with Crippen molar-refractivity contribution < 1.29 is 19.1 Å². The first-order valence-electron chi connectivity index (χ1n) is 10.2. The summed E-state index contributed by atoms with van der Waals surface area (Å²) in [6, 6.07) is 15.0. The maximum atomic E-state index is 12.0. The second kappa shape index (κ2) is 12.8. The van der Waals surface area contributed by atoms with Crippen LogP contribution in [0.15, 0.2) is 64.2 Å². The number of hydrazone groups is 1. The lowest BCUT2D eigenvalue weighted by molar-refractivity contribution is -0.136. The largest absolute Gasteiger partial charge is 0.490 e. The molecule has 3 aromatic carbocycles. The average Bonchev–Trinajstić information content (AvgIpc) is 2.81. The molecule has 3 aromatic rings. The fraction of sp³-hybridized carbons (Fsp3) is 0.125. The highest BCUT2D eigenvalue weighted by Crippen LogP contribution is 2.38. The van der Waals surface area contributed by atoms with Gasteiger partial charge in [0.1, 0.15) is 6.61 Å². The summed E-state index contributed by atoms with van der Waals surface area (Å²) >= 11 is 21.7. The van der Waals surface area contributed by atoms with Gasteiger partial charge in [-0.25, -0.2) is 5.43 Å². The highest BCUT2D eigenvalue weighted by Gasteiger charge is 2.15. The predicted octanol–water partition coefficient (Wildman–Crippen LogP) is 6.48. The van der Waals surface area contributed by atoms with E-state index in [1.54, 1.807) is 54.6 Å². The molecule has 0 saturated heterocycles. The lowest BCUT2D eigenvalue weighted by Crippen LogP contribution is -2.32. The molecule has 0 fully saturated rings. The number of rotatable bonds is 8. The Morgan fingerprint density at radius 1 is 1.00 bits per heavy atom. The van der Waals surface area contributed by atoms with Crippen molar-refractivity contribution in [2.45, 2.75) is 13.5 Å². The van der Waals surface area contributed by atoms with Crippen LogP contribution in [0.5, 0.6) is 11.5 Å². The summed E-state index contributed by atoms with van der Waals surface area (Å²) in [5, 5.41) is 7.79. The Labute approximate surface area is 225 Å². The van der Waals surface area contributed by atoms with E-state index in [-0.39, 0.29) is 6.61 Å². The van der Waals surface area contributed by atoms with E-state index in [0.29, 0.717) is 54.5 Å². The number of amides is 2. The van der Waals surface area contributed by atoms with Crippen LogP contribution in [0.25, 0.3) is 0 Å². The number of carbonyl (C=O) groups is 2. The van der Waals surface area contributed by atoms with Crippen LogP contribution in [-0.2, 0) is 16.2 Å². The van der Waals surface area contributed by atoms with Crippen molar-refractivity contribution in [2.24, 2.45) is 5.10 Å². The van der Waals surface area contributed by atoms with Gasteiger partial charge in [-0.1, -0.05) is 40.9 Å². The van der Waals surface area contributed by atoms with Crippen molar-refractivity contribution in [1.82, 2.24) is 5.43 Å². The van der Waals surface area contributed by atoms with Gasteiger partial charge in [0, 0.05) is 26.3 Å². The van der Waals surface area contributed by atoms with Crippen molar-refractivity contribution in [2.75, 3.05) is 11.9 Å². The Hall–Kier alpha value is -2.78. The molecule has 11 heteroatoms. The van der Waals surface area contributed by atoms with Crippen molar-refractivity contribution in [3.05, 3.63) is 85.3 Å². The van der Waals surface area contributed by atoms with Gasteiger partial charge in [-0.15, -0.1) is 0 Å². The summed E-state index contributed by atoms with van der Waals surface area (Å²) in [7, 11) is 0. The minimum atomic E-state index is -0.933. The molecule has 7 nitrogen and oxygen atoms in total. The number of nitrogens with one attached hydrogen (secondary N) is 2. The second-order valence-corrected chi connectivity index (χ2v) is 9.02. The minimum Gasteiger partial charge on any atom is -0.490 e. The topological polar surface area (TPSA) is 89.0 Å². The van der Waals surface area contributed by atoms with E-state index in [9.17, 15) is 9.59 Å². The molecule has 182 valence electrons. The molecule has 3 rings (SSSR count). The Bertz CT molecular complexity index is 1230. The number of carbonyl (C=O) groups excluding carboxylic acids is 2. The number of benzene rings is 3. The van der Waals surface area contributed by atoms with Gasteiger partial charge in [0.15, 0.2) is 11.5 Å². The van der Waals surface area contributed by atoms with Crippen molar-refractivity contribution >= 4 is 74.4 Å². The fourth-order valence-corrected chi connectivity index (χ4v) is 4.02. The maximum Gasteiger partial charge on any atom is 0.329 e. The fourth-order valence-electron chi connectivity index (χ4n) is 2.82. The van der Waals surface area contributed by atoms with Crippen LogP contribution in [0.3, 0.4) is 0 Å². The van der Waals surface area contributed by atoms with Crippen LogP contribution in [0.4, 0.5) is 5.69 Å². The van der Waals surface area contributed by atoms with Crippen LogP contribution in [0, 0.1) is 0 Å². The standard InChI is InChI=1S/C24H19BrCl3N3O4/c1-2-34-21-11-14(10-18(25)22(21)35-13-17-19(27)4-3-5-20(17)28)12-29-31-24(33)23(32)30-16-8-6-15(26)7-9-16/h3-12H,2,13H2,1H3,(H,30,32)(H,31,33)/b29-12+. The molecule has 0 aliphatic heterocycles. The molecular formula is C24H19BrCl3N3O4. The zero-order chi connectivity index (χ0) is 25.4. The Balaban J connectivity index is 1.67. The molecule has 0 heterocycles. The van der Waals surface area contributed by atoms with Crippen LogP contribution in [0.2, 0.25) is 15.1 Å². The quantitative estimate of drug-likeness (QED) is 0.176. The molecule has 0 aliphatic rings. The molecular weight excluding hydrogens is 581 g/mol. The predicted molar refractivity (Wildman–Crippen MR) is 142 cm³/mol. The average molecular weight is 600 g/mol. The van der Waals surface area contributed by atoms with Gasteiger partial charge >= 0.3 is 11.8 Å². The van der Waals surface area contributed by atoms with Gasteiger partial charge in [0.25, 0.3) is 0 Å². The molecule has 0 saturated carbocycles. The molecule has 0 atom stereocenters. The van der Waals surface area contributed by atoms with Crippen molar-refractivity contribution in [3.63, 3.8) is 0 Å². The van der Waals surface area contributed by atoms with E-state index in [1.165, 1.54) is 6.21 Å². The van der Waals surface area contributed by atoms with E-state index < -0.39 is 11.8 Å². The van der Waals surface area contributed by atoms with E-state index >= 15 is 0 Å². The van der Waals surface area contributed by atoms with Gasteiger partial charge in [-0.3, -0.25) is 9.59 Å². The number of ether oxygens (including phenoxy) is 2. The zero-order valence-corrected chi connectivity index (χ0v) is 22.1. The minimum absolute atomic E-state index is 0.128. The van der Waals surface area contributed by atoms with E-state index in [4.69, 9.17) is 44.3 Å². The Morgan fingerprint density at radius 3 is 2.34 bits per heavy atom. The first kappa shape index (κ1) is 26.8. The lowest BCUT2D eigenvalue weighted by atomic mass is 10.2. The van der Waals surface area contributed by atoms with Gasteiger partial charge in [-0.2, -0.15) is 5.10 Å². The van der Waals surface area contributed by atoms with Gasteiger partial charge in [0.2, 0.25) is 0 Å². The molecule has 2 N–H and O–H groups in total. The third kappa shape index (κ3) is 7.60. The summed E-state index contributed by atoms with van der Waals surface area (Å²) in [5.41, 5.74) is 3.84.